The Morgan fingerprint density at radius 3 is 2.36 bits per heavy atom. The fraction of sp³-hybridized carbons (Fsp3) is 0.227. The van der Waals surface area contributed by atoms with Gasteiger partial charge in [-0.3, -0.25) is 9.59 Å². The number of sulfone groups is 1. The van der Waals surface area contributed by atoms with E-state index in [1.807, 2.05) is 0 Å². The number of carbonyl (C=O) groups excluding carboxylic acids is 3. The summed E-state index contributed by atoms with van der Waals surface area (Å²) in [5, 5.41) is 4.01. The van der Waals surface area contributed by atoms with Crippen LogP contribution in [0.25, 0.3) is 0 Å². The van der Waals surface area contributed by atoms with E-state index >= 15 is 0 Å². The molecular formula is C22H22ClN3O6S. The van der Waals surface area contributed by atoms with Gasteiger partial charge in [0.2, 0.25) is 0 Å². The van der Waals surface area contributed by atoms with Crippen molar-refractivity contribution in [1.82, 2.24) is 5.32 Å². The number of urea groups is 1. The summed E-state index contributed by atoms with van der Waals surface area (Å²) in [5.74, 6) is -1.60. The molecule has 33 heavy (non-hydrogen) atoms. The van der Waals surface area contributed by atoms with Crippen LogP contribution < -0.4 is 16.0 Å². The molecule has 2 aromatic carbocycles. The van der Waals surface area contributed by atoms with Crippen LogP contribution in [-0.4, -0.2) is 44.7 Å². The van der Waals surface area contributed by atoms with Crippen molar-refractivity contribution in [3.8, 4) is 0 Å². The van der Waals surface area contributed by atoms with Gasteiger partial charge in [0.25, 0.3) is 5.91 Å². The Morgan fingerprint density at radius 1 is 1.12 bits per heavy atom. The van der Waals surface area contributed by atoms with Crippen LogP contribution in [0.15, 0.2) is 66.1 Å². The van der Waals surface area contributed by atoms with E-state index in [0.29, 0.717) is 16.3 Å². The standard InChI is InChI=1S/C22H22ClN3O6S/c23-16-8-6-15(7-9-16)19(25-22(24)29)12-21(28)32-13-20(27)26(17-4-2-1-3-5-17)18-10-11-33(30,31)14-18/h1-11,18-19H,12-14H2,(H3,24,25,29)/t18-,19-/m1/s1. The molecule has 1 aliphatic heterocycles. The second-order valence-electron chi connectivity index (χ2n) is 7.30. The van der Waals surface area contributed by atoms with E-state index in [-0.39, 0.29) is 12.2 Å². The van der Waals surface area contributed by atoms with Crippen molar-refractivity contribution in [3.05, 3.63) is 76.7 Å². The zero-order valence-corrected chi connectivity index (χ0v) is 19.0. The first kappa shape index (κ1) is 24.3. The van der Waals surface area contributed by atoms with Gasteiger partial charge < -0.3 is 20.7 Å². The number of nitrogens with one attached hydrogen (secondary N) is 1. The lowest BCUT2D eigenvalue weighted by Gasteiger charge is -2.27. The highest BCUT2D eigenvalue weighted by molar-refractivity contribution is 7.94. The topological polar surface area (TPSA) is 136 Å². The highest BCUT2D eigenvalue weighted by Gasteiger charge is 2.32. The van der Waals surface area contributed by atoms with Gasteiger partial charge in [0.15, 0.2) is 16.4 Å². The number of carbonyl (C=O) groups is 3. The third kappa shape index (κ3) is 6.80. The van der Waals surface area contributed by atoms with Crippen molar-refractivity contribution in [1.29, 1.82) is 0 Å². The molecule has 3 N–H and O–H groups in total. The largest absolute Gasteiger partial charge is 0.455 e. The van der Waals surface area contributed by atoms with Crippen molar-refractivity contribution >= 4 is 45.0 Å². The van der Waals surface area contributed by atoms with E-state index in [4.69, 9.17) is 22.1 Å². The van der Waals surface area contributed by atoms with Crippen molar-refractivity contribution in [2.45, 2.75) is 18.5 Å². The number of hydrogen-bond donors (Lipinski definition) is 2. The molecule has 0 bridgehead atoms. The molecule has 0 saturated heterocycles. The van der Waals surface area contributed by atoms with E-state index in [9.17, 15) is 22.8 Å². The van der Waals surface area contributed by atoms with Gasteiger partial charge in [-0.2, -0.15) is 0 Å². The van der Waals surface area contributed by atoms with Crippen LogP contribution in [0.4, 0.5) is 10.5 Å². The van der Waals surface area contributed by atoms with Gasteiger partial charge in [0, 0.05) is 16.1 Å². The zero-order valence-electron chi connectivity index (χ0n) is 17.4. The molecule has 3 amide bonds. The van der Waals surface area contributed by atoms with Crippen LogP contribution in [0.3, 0.4) is 0 Å². The zero-order chi connectivity index (χ0) is 24.0. The maximum absolute atomic E-state index is 12.9. The summed E-state index contributed by atoms with van der Waals surface area (Å²) >= 11 is 5.88. The molecule has 0 unspecified atom stereocenters. The van der Waals surface area contributed by atoms with E-state index in [1.165, 1.54) is 11.0 Å². The van der Waals surface area contributed by atoms with Crippen LogP contribution >= 0.6 is 11.6 Å². The second kappa shape index (κ2) is 10.5. The van der Waals surface area contributed by atoms with Crippen LogP contribution in [0.1, 0.15) is 18.0 Å². The van der Waals surface area contributed by atoms with Gasteiger partial charge in [0.1, 0.15) is 0 Å². The van der Waals surface area contributed by atoms with E-state index < -0.39 is 46.4 Å². The summed E-state index contributed by atoms with van der Waals surface area (Å²) in [6.45, 7) is -0.609. The molecule has 9 nitrogen and oxygen atoms in total. The Morgan fingerprint density at radius 2 is 1.79 bits per heavy atom. The molecule has 0 fully saturated rings. The maximum atomic E-state index is 12.9. The Hall–Kier alpha value is -3.37. The SMILES string of the molecule is NC(=O)N[C@H](CC(=O)OCC(=O)N(c1ccccc1)[C@@H]1C=CS(=O)(=O)C1)c1ccc(Cl)cc1. The molecule has 11 heteroatoms. The van der Waals surface area contributed by atoms with Gasteiger partial charge in [-0.15, -0.1) is 0 Å². The summed E-state index contributed by atoms with van der Waals surface area (Å²) in [6, 6.07) is 12.6. The lowest BCUT2D eigenvalue weighted by atomic mass is 10.0. The molecule has 0 aromatic heterocycles. The van der Waals surface area contributed by atoms with Gasteiger partial charge in [-0.05, 0) is 35.9 Å². The number of para-hydroxylation sites is 1. The fourth-order valence-electron chi connectivity index (χ4n) is 3.39. The monoisotopic (exact) mass is 491 g/mol. The number of nitrogens with two attached hydrogens (primary N) is 1. The molecule has 0 aliphatic carbocycles. The molecular weight excluding hydrogens is 470 g/mol. The highest BCUT2D eigenvalue weighted by atomic mass is 35.5. The average Bonchev–Trinajstić information content (AvgIpc) is 3.12. The molecule has 0 saturated carbocycles. The van der Waals surface area contributed by atoms with Gasteiger partial charge >= 0.3 is 12.0 Å². The Labute approximate surface area is 196 Å². The number of esters is 1. The Kier molecular flexibility index (Phi) is 7.72. The van der Waals surface area contributed by atoms with Gasteiger partial charge in [-0.1, -0.05) is 41.9 Å². The molecule has 1 aliphatic rings. The minimum absolute atomic E-state index is 0.261. The maximum Gasteiger partial charge on any atom is 0.312 e. The summed E-state index contributed by atoms with van der Waals surface area (Å²) in [5.41, 5.74) is 6.26. The Balaban J connectivity index is 1.68. The number of halogens is 1. The molecule has 3 rings (SSSR count). The average molecular weight is 492 g/mol. The predicted molar refractivity (Wildman–Crippen MR) is 123 cm³/mol. The Bertz CT molecular complexity index is 1150. The number of ether oxygens (including phenoxy) is 1. The van der Waals surface area contributed by atoms with Gasteiger partial charge in [-0.25, -0.2) is 13.2 Å². The molecule has 1 heterocycles. The van der Waals surface area contributed by atoms with Crippen LogP contribution in [0, 0.1) is 0 Å². The number of benzene rings is 2. The highest BCUT2D eigenvalue weighted by Crippen LogP contribution is 2.23. The van der Waals surface area contributed by atoms with Crippen LogP contribution in [0.2, 0.25) is 5.02 Å². The molecule has 174 valence electrons. The van der Waals surface area contributed by atoms with Crippen molar-refractivity contribution in [2.24, 2.45) is 5.73 Å². The van der Waals surface area contributed by atoms with E-state index in [1.54, 1.807) is 54.6 Å². The molecule has 2 aromatic rings. The van der Waals surface area contributed by atoms with Crippen molar-refractivity contribution < 1.29 is 27.5 Å². The predicted octanol–water partition coefficient (Wildman–Crippen LogP) is 2.33. The third-order valence-electron chi connectivity index (χ3n) is 4.86. The molecule has 0 spiro atoms. The summed E-state index contributed by atoms with van der Waals surface area (Å²) < 4.78 is 28.9. The van der Waals surface area contributed by atoms with Crippen molar-refractivity contribution in [2.75, 3.05) is 17.3 Å². The van der Waals surface area contributed by atoms with Gasteiger partial charge in [0.05, 0.1) is 24.3 Å². The first-order valence-corrected chi connectivity index (χ1v) is 12.0. The van der Waals surface area contributed by atoms with Crippen LogP contribution in [0.5, 0.6) is 0 Å². The number of nitrogens with zero attached hydrogens (tertiary/aromatic N) is 1. The quantitative estimate of drug-likeness (QED) is 0.544. The minimum Gasteiger partial charge on any atom is -0.455 e. The summed E-state index contributed by atoms with van der Waals surface area (Å²) in [4.78, 5) is 38.0. The first-order valence-electron chi connectivity index (χ1n) is 9.90. The summed E-state index contributed by atoms with van der Waals surface area (Å²) in [7, 11) is -3.42. The number of anilines is 1. The second-order valence-corrected chi connectivity index (χ2v) is 9.67. The third-order valence-corrected chi connectivity index (χ3v) is 6.49. The smallest absolute Gasteiger partial charge is 0.312 e. The number of amides is 3. The van der Waals surface area contributed by atoms with E-state index in [0.717, 1.165) is 5.41 Å². The van der Waals surface area contributed by atoms with E-state index in [2.05, 4.69) is 5.32 Å². The molecule has 2 atom stereocenters. The molecule has 0 radical (unpaired) electrons. The van der Waals surface area contributed by atoms with Crippen LogP contribution in [-0.2, 0) is 24.2 Å². The minimum atomic E-state index is -3.42. The first-order chi connectivity index (χ1) is 15.6. The van der Waals surface area contributed by atoms with Crippen molar-refractivity contribution in [3.63, 3.8) is 0 Å². The number of hydrogen-bond acceptors (Lipinski definition) is 6. The summed E-state index contributed by atoms with van der Waals surface area (Å²) in [6.07, 6.45) is 1.15. The number of primary amides is 1. The lowest BCUT2D eigenvalue weighted by molar-refractivity contribution is -0.148. The lowest BCUT2D eigenvalue weighted by Crippen LogP contribution is -2.43. The number of rotatable bonds is 8. The normalized spacial score (nSPS) is 17.2. The fourth-order valence-corrected chi connectivity index (χ4v) is 4.78.